The van der Waals surface area contributed by atoms with Gasteiger partial charge in [-0.15, -0.1) is 11.3 Å². The summed E-state index contributed by atoms with van der Waals surface area (Å²) in [5, 5.41) is 2.91. The molecular weight excluding hydrogens is 379 g/mol. The molecule has 9 heteroatoms. The third-order valence-corrected chi connectivity index (χ3v) is 6.18. The summed E-state index contributed by atoms with van der Waals surface area (Å²) in [6, 6.07) is 5.20. The molecule has 0 unspecified atom stereocenters. The number of nitrogens with zero attached hydrogens (tertiary/aromatic N) is 1. The minimum absolute atomic E-state index is 0.346. The van der Waals surface area contributed by atoms with Gasteiger partial charge in [-0.2, -0.15) is 0 Å². The summed E-state index contributed by atoms with van der Waals surface area (Å²) in [5.74, 6) is -0.603. The van der Waals surface area contributed by atoms with Crippen LogP contribution in [0.5, 0.6) is 0 Å². The minimum Gasteiger partial charge on any atom is -0.301 e. The number of carbonyl (C=O) groups is 1. The largest absolute Gasteiger partial charge is 0.301 e. The molecule has 23 heavy (non-hydrogen) atoms. The molecule has 0 radical (unpaired) electrons. The van der Waals surface area contributed by atoms with E-state index in [0.717, 1.165) is 16.7 Å². The van der Waals surface area contributed by atoms with Gasteiger partial charge in [0.2, 0.25) is 5.91 Å². The zero-order valence-electron chi connectivity index (χ0n) is 12.3. The first-order chi connectivity index (χ1) is 10.7. The highest BCUT2D eigenvalue weighted by Gasteiger charge is 2.24. The van der Waals surface area contributed by atoms with Crippen molar-refractivity contribution in [2.75, 3.05) is 11.6 Å². The molecule has 1 aromatic heterocycles. The van der Waals surface area contributed by atoms with Crippen molar-refractivity contribution in [3.63, 3.8) is 0 Å². The molecule has 2 rings (SSSR count). The molecule has 0 fully saturated rings. The SMILES string of the molecule is C[C@H](C(=O)Nc1ncc(Cc2cc(Cl)ccc2Cl)s1)S(C)(=O)=O. The number of hydrogen-bond donors (Lipinski definition) is 1. The second-order valence-electron chi connectivity index (χ2n) is 5.01. The lowest BCUT2D eigenvalue weighted by molar-refractivity contribution is -0.115. The van der Waals surface area contributed by atoms with Gasteiger partial charge >= 0.3 is 0 Å². The highest BCUT2D eigenvalue weighted by atomic mass is 35.5. The van der Waals surface area contributed by atoms with E-state index in [9.17, 15) is 13.2 Å². The fourth-order valence-corrected chi connectivity index (χ4v) is 3.38. The van der Waals surface area contributed by atoms with Crippen molar-refractivity contribution in [1.82, 2.24) is 4.98 Å². The van der Waals surface area contributed by atoms with Gasteiger partial charge in [0.1, 0.15) is 5.25 Å². The van der Waals surface area contributed by atoms with Crippen LogP contribution in [0.15, 0.2) is 24.4 Å². The average molecular weight is 393 g/mol. The Morgan fingerprint density at radius 2 is 2.09 bits per heavy atom. The molecule has 0 spiro atoms. The standard InChI is InChI=1S/C14H14Cl2N2O3S2/c1-8(23(2,20)21)13(19)18-14-17-7-11(22-14)6-9-5-10(15)3-4-12(9)16/h3-5,7-8H,6H2,1-2H3,(H,17,18,19)/t8-/m1/s1. The monoisotopic (exact) mass is 392 g/mol. The van der Waals surface area contributed by atoms with Crippen LogP contribution in [0.2, 0.25) is 10.0 Å². The van der Waals surface area contributed by atoms with E-state index in [1.807, 2.05) is 0 Å². The molecule has 0 aliphatic heterocycles. The summed E-state index contributed by atoms with van der Waals surface area (Å²) in [4.78, 5) is 16.8. The van der Waals surface area contributed by atoms with Crippen molar-refractivity contribution in [1.29, 1.82) is 0 Å². The van der Waals surface area contributed by atoms with Crippen LogP contribution in [0.1, 0.15) is 17.4 Å². The van der Waals surface area contributed by atoms with Crippen molar-refractivity contribution in [3.8, 4) is 0 Å². The second kappa shape index (κ2) is 7.17. The van der Waals surface area contributed by atoms with Crippen molar-refractivity contribution < 1.29 is 13.2 Å². The summed E-state index contributed by atoms with van der Waals surface area (Å²) < 4.78 is 22.7. The first-order valence-electron chi connectivity index (χ1n) is 6.55. The van der Waals surface area contributed by atoms with Crippen LogP contribution in [-0.2, 0) is 21.1 Å². The van der Waals surface area contributed by atoms with Crippen molar-refractivity contribution in [3.05, 3.63) is 44.9 Å². The van der Waals surface area contributed by atoms with Crippen LogP contribution in [0.4, 0.5) is 5.13 Å². The van der Waals surface area contributed by atoms with Crippen LogP contribution >= 0.6 is 34.5 Å². The lowest BCUT2D eigenvalue weighted by atomic mass is 10.1. The van der Waals surface area contributed by atoms with Gasteiger partial charge in [-0.05, 0) is 30.7 Å². The van der Waals surface area contributed by atoms with Gasteiger partial charge in [-0.25, -0.2) is 13.4 Å². The molecule has 5 nitrogen and oxygen atoms in total. The Balaban J connectivity index is 2.09. The molecule has 0 saturated carbocycles. The molecule has 0 aliphatic carbocycles. The number of rotatable bonds is 5. The molecule has 0 bridgehead atoms. The first-order valence-corrected chi connectivity index (χ1v) is 10.1. The number of benzene rings is 1. The van der Waals surface area contributed by atoms with Crippen LogP contribution in [0.3, 0.4) is 0 Å². The smallest absolute Gasteiger partial charge is 0.244 e. The number of carbonyl (C=O) groups excluding carboxylic acids is 1. The fraction of sp³-hybridized carbons (Fsp3) is 0.286. The molecule has 1 heterocycles. The minimum atomic E-state index is -3.44. The maximum atomic E-state index is 11.9. The predicted octanol–water partition coefficient (Wildman–Crippen LogP) is 3.41. The van der Waals surface area contributed by atoms with E-state index in [-0.39, 0.29) is 0 Å². The van der Waals surface area contributed by atoms with Crippen molar-refractivity contribution in [2.24, 2.45) is 0 Å². The first kappa shape index (κ1) is 18.2. The Bertz CT molecular complexity index is 834. The van der Waals surface area contributed by atoms with E-state index in [4.69, 9.17) is 23.2 Å². The number of thiazole rings is 1. The summed E-state index contributed by atoms with van der Waals surface area (Å²) >= 11 is 13.3. The quantitative estimate of drug-likeness (QED) is 0.845. The molecule has 1 aromatic carbocycles. The maximum absolute atomic E-state index is 11.9. The van der Waals surface area contributed by atoms with Crippen LogP contribution in [0.25, 0.3) is 0 Å². The normalized spacial score (nSPS) is 12.9. The Morgan fingerprint density at radius 1 is 1.39 bits per heavy atom. The molecule has 1 N–H and O–H groups in total. The molecular formula is C14H14Cl2N2O3S2. The lowest BCUT2D eigenvalue weighted by Crippen LogP contribution is -2.31. The summed E-state index contributed by atoms with van der Waals surface area (Å²) in [7, 11) is -3.44. The van der Waals surface area contributed by atoms with Gasteiger partial charge in [-0.3, -0.25) is 4.79 Å². The third-order valence-electron chi connectivity index (χ3n) is 3.17. The number of amides is 1. The molecule has 0 saturated heterocycles. The molecule has 124 valence electrons. The van der Waals surface area contributed by atoms with Crippen LogP contribution in [-0.4, -0.2) is 30.8 Å². The van der Waals surface area contributed by atoms with Gasteiger partial charge < -0.3 is 5.32 Å². The third kappa shape index (κ3) is 4.91. The van der Waals surface area contributed by atoms with Crippen LogP contribution in [0, 0.1) is 0 Å². The van der Waals surface area contributed by atoms with E-state index < -0.39 is 21.0 Å². The number of aromatic nitrogens is 1. The highest BCUT2D eigenvalue weighted by molar-refractivity contribution is 7.92. The zero-order chi connectivity index (χ0) is 17.2. The lowest BCUT2D eigenvalue weighted by Gasteiger charge is -2.07. The number of nitrogens with one attached hydrogen (secondary N) is 1. The van der Waals surface area contributed by atoms with Gasteiger partial charge in [0, 0.05) is 33.8 Å². The summed E-state index contributed by atoms with van der Waals surface area (Å²) in [6.45, 7) is 1.34. The molecule has 0 aliphatic rings. The van der Waals surface area contributed by atoms with Crippen LogP contribution < -0.4 is 5.32 Å². The molecule has 2 aromatic rings. The molecule has 1 amide bonds. The Labute approximate surface area is 148 Å². The van der Waals surface area contributed by atoms with E-state index in [2.05, 4.69) is 10.3 Å². The zero-order valence-corrected chi connectivity index (χ0v) is 15.5. The van der Waals surface area contributed by atoms with E-state index >= 15 is 0 Å². The van der Waals surface area contributed by atoms with E-state index in [1.165, 1.54) is 18.3 Å². The van der Waals surface area contributed by atoms with Gasteiger partial charge in [0.25, 0.3) is 0 Å². The van der Waals surface area contributed by atoms with Crippen molar-refractivity contribution in [2.45, 2.75) is 18.6 Å². The topological polar surface area (TPSA) is 76.1 Å². The average Bonchev–Trinajstić information content (AvgIpc) is 2.88. The number of halogens is 2. The Hall–Kier alpha value is -1.15. The van der Waals surface area contributed by atoms with Gasteiger partial charge in [0.05, 0.1) is 0 Å². The van der Waals surface area contributed by atoms with Crippen molar-refractivity contribution >= 4 is 55.4 Å². The summed E-state index contributed by atoms with van der Waals surface area (Å²) in [5.41, 5.74) is 0.852. The number of sulfone groups is 1. The van der Waals surface area contributed by atoms with Gasteiger partial charge in [0.15, 0.2) is 15.0 Å². The number of anilines is 1. The molecule has 1 atom stereocenters. The predicted molar refractivity (Wildman–Crippen MR) is 94.3 cm³/mol. The highest BCUT2D eigenvalue weighted by Crippen LogP contribution is 2.27. The Kier molecular flexibility index (Phi) is 5.67. The number of hydrogen-bond acceptors (Lipinski definition) is 5. The van der Waals surface area contributed by atoms with Gasteiger partial charge in [-0.1, -0.05) is 23.2 Å². The Morgan fingerprint density at radius 3 is 2.74 bits per heavy atom. The fourth-order valence-electron chi connectivity index (χ4n) is 1.71. The summed E-state index contributed by atoms with van der Waals surface area (Å²) in [6.07, 6.45) is 3.16. The second-order valence-corrected chi connectivity index (χ2v) is 9.33. The van der Waals surface area contributed by atoms with E-state index in [0.29, 0.717) is 21.6 Å². The maximum Gasteiger partial charge on any atom is 0.244 e. The van der Waals surface area contributed by atoms with E-state index in [1.54, 1.807) is 24.4 Å².